The fourth-order valence-corrected chi connectivity index (χ4v) is 4.00. The number of ether oxygens (including phenoxy) is 2. The van der Waals surface area contributed by atoms with Crippen molar-refractivity contribution in [1.82, 2.24) is 0 Å². The van der Waals surface area contributed by atoms with Crippen LogP contribution in [0.4, 0.5) is 26.3 Å². The van der Waals surface area contributed by atoms with Gasteiger partial charge in [-0.3, -0.25) is 0 Å². The van der Waals surface area contributed by atoms with Crippen LogP contribution in [0.2, 0.25) is 0 Å². The van der Waals surface area contributed by atoms with E-state index in [0.717, 1.165) is 0 Å². The Morgan fingerprint density at radius 1 is 0.741 bits per heavy atom. The predicted octanol–water partition coefficient (Wildman–Crippen LogP) is 5.78. The fourth-order valence-electron chi connectivity index (χ4n) is 2.71. The Labute approximate surface area is 153 Å². The molecule has 0 heterocycles. The summed E-state index contributed by atoms with van der Waals surface area (Å²) in [6.07, 6.45) is -9.85. The van der Waals surface area contributed by atoms with E-state index in [2.05, 4.69) is 0 Å². The second kappa shape index (κ2) is 7.58. The van der Waals surface area contributed by atoms with Crippen molar-refractivity contribution in [2.75, 3.05) is 27.5 Å². The molecule has 27 heavy (non-hydrogen) atoms. The molecule has 0 spiro atoms. The van der Waals surface area contributed by atoms with Crippen LogP contribution in [0.25, 0.3) is 11.1 Å². The highest BCUT2D eigenvalue weighted by atomic mass is 31.1. The number of benzene rings is 2. The molecule has 0 N–H and O–H groups in total. The number of methoxy groups -OCH3 is 2. The molecule has 0 saturated heterocycles. The Morgan fingerprint density at radius 2 is 1.19 bits per heavy atom. The van der Waals surface area contributed by atoms with Crippen molar-refractivity contribution in [2.24, 2.45) is 0 Å². The number of hydrogen-bond acceptors (Lipinski definition) is 2. The van der Waals surface area contributed by atoms with E-state index in [9.17, 15) is 26.3 Å². The van der Waals surface area contributed by atoms with Crippen LogP contribution in [0.15, 0.2) is 30.3 Å². The van der Waals surface area contributed by atoms with Crippen molar-refractivity contribution in [3.63, 3.8) is 0 Å². The van der Waals surface area contributed by atoms with Gasteiger partial charge in [-0.25, -0.2) is 0 Å². The third kappa shape index (κ3) is 4.49. The second-order valence-corrected chi connectivity index (χ2v) is 8.12. The number of alkyl halides is 6. The first-order chi connectivity index (χ1) is 12.4. The molecular formula is C18H17F6O2P. The summed E-state index contributed by atoms with van der Waals surface area (Å²) < 4.78 is 89.8. The molecule has 0 fully saturated rings. The average molecular weight is 410 g/mol. The number of rotatable bonds is 4. The molecule has 0 aliphatic carbocycles. The van der Waals surface area contributed by atoms with E-state index in [4.69, 9.17) is 9.47 Å². The van der Waals surface area contributed by atoms with Crippen molar-refractivity contribution in [3.8, 4) is 22.6 Å². The summed E-state index contributed by atoms with van der Waals surface area (Å²) in [6, 6.07) is 4.56. The molecule has 148 valence electrons. The largest absolute Gasteiger partial charge is 0.496 e. The van der Waals surface area contributed by atoms with Crippen molar-refractivity contribution in [1.29, 1.82) is 0 Å². The van der Waals surface area contributed by atoms with Crippen molar-refractivity contribution in [2.45, 2.75) is 12.4 Å². The van der Waals surface area contributed by atoms with Gasteiger partial charge >= 0.3 is 12.4 Å². The smallest absolute Gasteiger partial charge is 0.416 e. The van der Waals surface area contributed by atoms with E-state index in [0.29, 0.717) is 23.2 Å². The first kappa shape index (κ1) is 21.4. The van der Waals surface area contributed by atoms with Crippen molar-refractivity contribution >= 4 is 13.2 Å². The molecule has 2 aromatic carbocycles. The Kier molecular flexibility index (Phi) is 6.00. The molecule has 9 heteroatoms. The molecule has 0 saturated carbocycles. The van der Waals surface area contributed by atoms with Crippen LogP contribution in [0, 0.1) is 0 Å². The number of halogens is 6. The first-order valence-electron chi connectivity index (χ1n) is 7.62. The maximum atomic E-state index is 13.2. The lowest BCUT2D eigenvalue weighted by Crippen LogP contribution is -2.14. The highest BCUT2D eigenvalue weighted by Gasteiger charge is 2.37. The quantitative estimate of drug-likeness (QED) is 0.470. The monoisotopic (exact) mass is 410 g/mol. The van der Waals surface area contributed by atoms with Crippen molar-refractivity contribution in [3.05, 3.63) is 41.5 Å². The Hall–Kier alpha value is -1.95. The molecule has 0 amide bonds. The van der Waals surface area contributed by atoms with E-state index < -0.39 is 31.4 Å². The van der Waals surface area contributed by atoms with E-state index in [-0.39, 0.29) is 22.9 Å². The third-order valence-corrected chi connectivity index (χ3v) is 5.20. The molecule has 0 unspecified atom stereocenters. The average Bonchev–Trinajstić information content (AvgIpc) is 2.58. The molecule has 0 aliphatic heterocycles. The molecule has 0 atom stereocenters. The highest BCUT2D eigenvalue weighted by molar-refractivity contribution is 7.64. The van der Waals surface area contributed by atoms with E-state index in [1.807, 2.05) is 13.3 Å². The fraction of sp³-hybridized carbons (Fsp3) is 0.333. The minimum Gasteiger partial charge on any atom is -0.496 e. The zero-order valence-corrected chi connectivity index (χ0v) is 15.8. The molecule has 0 bridgehead atoms. The van der Waals surface area contributed by atoms with E-state index in [1.165, 1.54) is 20.3 Å². The van der Waals surface area contributed by atoms with Crippen LogP contribution in [0.5, 0.6) is 11.5 Å². The van der Waals surface area contributed by atoms with E-state index in [1.54, 1.807) is 6.07 Å². The SMILES string of the molecule is COc1ccc(OC)c(P(C)C)c1-c1cc(C(F)(F)F)cc(C(F)(F)F)c1. The molecular weight excluding hydrogens is 393 g/mol. The van der Waals surface area contributed by atoms with Crippen LogP contribution in [-0.4, -0.2) is 27.5 Å². The normalized spacial score (nSPS) is 12.4. The Morgan fingerprint density at radius 3 is 1.56 bits per heavy atom. The van der Waals surface area contributed by atoms with Gasteiger partial charge in [0.25, 0.3) is 0 Å². The summed E-state index contributed by atoms with van der Waals surface area (Å²) in [5.74, 6) is 0.558. The zero-order chi connectivity index (χ0) is 20.6. The van der Waals surface area contributed by atoms with Gasteiger partial charge in [-0.2, -0.15) is 26.3 Å². The molecule has 2 aromatic rings. The molecule has 2 nitrogen and oxygen atoms in total. The topological polar surface area (TPSA) is 18.5 Å². The van der Waals surface area contributed by atoms with Crippen LogP contribution < -0.4 is 14.8 Å². The minimum absolute atomic E-state index is 0.108. The van der Waals surface area contributed by atoms with Gasteiger partial charge in [0, 0.05) is 10.9 Å². The van der Waals surface area contributed by atoms with Gasteiger partial charge in [-0.1, -0.05) is 7.92 Å². The summed E-state index contributed by atoms with van der Waals surface area (Å²) in [5.41, 5.74) is -2.80. The lowest BCUT2D eigenvalue weighted by molar-refractivity contribution is -0.143. The van der Waals surface area contributed by atoms with Gasteiger partial charge in [-0.15, -0.1) is 0 Å². The lowest BCUT2D eigenvalue weighted by atomic mass is 9.98. The number of hydrogen-bond donors (Lipinski definition) is 0. The Bertz CT molecular complexity index is 796. The van der Waals surface area contributed by atoms with Gasteiger partial charge in [0.1, 0.15) is 11.5 Å². The van der Waals surface area contributed by atoms with Crippen LogP contribution in [0.3, 0.4) is 0 Å². The standard InChI is InChI=1S/C18H17F6O2P/c1-25-13-5-6-14(26-2)16(27(3)4)15(13)10-7-11(17(19,20)21)9-12(8-10)18(22,23)24/h5-9H,1-4H3. The lowest BCUT2D eigenvalue weighted by Gasteiger charge is -2.22. The van der Waals surface area contributed by atoms with Crippen LogP contribution in [-0.2, 0) is 12.4 Å². The summed E-state index contributed by atoms with van der Waals surface area (Å²) in [4.78, 5) is 0. The summed E-state index contributed by atoms with van der Waals surface area (Å²) in [6.45, 7) is 3.66. The van der Waals surface area contributed by atoms with Gasteiger partial charge in [0.15, 0.2) is 0 Å². The van der Waals surface area contributed by atoms with Crippen LogP contribution in [0.1, 0.15) is 11.1 Å². The Balaban J connectivity index is 2.92. The molecule has 0 aliphatic rings. The van der Waals surface area contributed by atoms with Gasteiger partial charge in [-0.05, 0) is 49.2 Å². The maximum absolute atomic E-state index is 13.2. The van der Waals surface area contributed by atoms with Crippen molar-refractivity contribution < 1.29 is 35.8 Å². The zero-order valence-electron chi connectivity index (χ0n) is 14.9. The summed E-state index contributed by atoms with van der Waals surface area (Å²) >= 11 is 0. The second-order valence-electron chi connectivity index (χ2n) is 5.88. The molecule has 2 rings (SSSR count). The maximum Gasteiger partial charge on any atom is 0.416 e. The third-order valence-electron chi connectivity index (χ3n) is 3.87. The minimum atomic E-state index is -4.93. The first-order valence-corrected chi connectivity index (χ1v) is 9.86. The molecule has 0 radical (unpaired) electrons. The van der Waals surface area contributed by atoms with E-state index >= 15 is 0 Å². The summed E-state index contributed by atoms with van der Waals surface area (Å²) in [5, 5.41) is 0.527. The highest BCUT2D eigenvalue weighted by Crippen LogP contribution is 2.44. The molecule has 0 aromatic heterocycles. The summed E-state index contributed by atoms with van der Waals surface area (Å²) in [7, 11) is 1.77. The van der Waals surface area contributed by atoms with Gasteiger partial charge < -0.3 is 9.47 Å². The van der Waals surface area contributed by atoms with Crippen LogP contribution >= 0.6 is 7.92 Å². The van der Waals surface area contributed by atoms with Gasteiger partial charge in [0.2, 0.25) is 0 Å². The predicted molar refractivity (Wildman–Crippen MR) is 93.4 cm³/mol. The van der Waals surface area contributed by atoms with Gasteiger partial charge in [0.05, 0.1) is 25.3 Å².